The first-order valence-electron chi connectivity index (χ1n) is 13.6. The van der Waals surface area contributed by atoms with Gasteiger partial charge in [-0.3, -0.25) is 4.79 Å². The Morgan fingerprint density at radius 2 is 1.74 bits per heavy atom. The van der Waals surface area contributed by atoms with Crippen molar-refractivity contribution >= 4 is 11.6 Å². The molecular formula is C31H30KN6O5+. The van der Waals surface area contributed by atoms with E-state index in [4.69, 9.17) is 14.3 Å². The van der Waals surface area contributed by atoms with Crippen molar-refractivity contribution in [3.05, 3.63) is 106 Å². The van der Waals surface area contributed by atoms with Gasteiger partial charge in [-0.05, 0) is 35.2 Å². The van der Waals surface area contributed by atoms with Gasteiger partial charge in [0.05, 0.1) is 25.6 Å². The van der Waals surface area contributed by atoms with Crippen LogP contribution in [0.5, 0.6) is 11.5 Å². The van der Waals surface area contributed by atoms with Gasteiger partial charge in [0.1, 0.15) is 6.33 Å². The summed E-state index contributed by atoms with van der Waals surface area (Å²) in [5.41, 5.74) is 8.27. The van der Waals surface area contributed by atoms with Gasteiger partial charge in [-0.25, -0.2) is 24.4 Å². The summed E-state index contributed by atoms with van der Waals surface area (Å²) >= 11 is 0. The van der Waals surface area contributed by atoms with Crippen LogP contribution in [0.3, 0.4) is 0 Å². The molecule has 43 heavy (non-hydrogen) atoms. The number of nitrogens with one attached hydrogen (secondary N) is 1. The van der Waals surface area contributed by atoms with Gasteiger partial charge in [0.15, 0.2) is 17.3 Å². The van der Waals surface area contributed by atoms with Crippen molar-refractivity contribution in [2.24, 2.45) is 4.99 Å². The summed E-state index contributed by atoms with van der Waals surface area (Å²) in [7, 11) is 3.13. The van der Waals surface area contributed by atoms with Gasteiger partial charge in [-0.1, -0.05) is 61.9 Å². The number of amidine groups is 1. The van der Waals surface area contributed by atoms with Gasteiger partial charge in [0.2, 0.25) is 5.78 Å². The zero-order valence-corrected chi connectivity index (χ0v) is 27.6. The minimum absolute atomic E-state index is 0. The fourth-order valence-electron chi connectivity index (χ4n) is 5.27. The van der Waals surface area contributed by atoms with E-state index in [0.717, 1.165) is 34.4 Å². The van der Waals surface area contributed by atoms with Gasteiger partial charge in [0, 0.05) is 23.6 Å². The van der Waals surface area contributed by atoms with Crippen LogP contribution in [0.1, 0.15) is 35.7 Å². The Labute approximate surface area is 290 Å². The smallest absolute Gasteiger partial charge is 0.493 e. The predicted octanol–water partition coefficient (Wildman–Crippen LogP) is 0.669. The summed E-state index contributed by atoms with van der Waals surface area (Å²) in [6, 6.07) is 21.1. The number of fused-ring (bicyclic) bond motifs is 1. The summed E-state index contributed by atoms with van der Waals surface area (Å²) in [6.07, 6.45) is 2.15. The molecule has 0 aliphatic carbocycles. The van der Waals surface area contributed by atoms with Crippen LogP contribution < -0.4 is 71.9 Å². The summed E-state index contributed by atoms with van der Waals surface area (Å²) in [6.45, 7) is 2.08. The second kappa shape index (κ2) is 13.5. The number of hydrogen-bond acceptors (Lipinski definition) is 9. The topological polar surface area (TPSA) is 125 Å². The van der Waals surface area contributed by atoms with Crippen molar-refractivity contribution < 1.29 is 70.8 Å². The molecule has 0 saturated heterocycles. The Bertz CT molecular complexity index is 1850. The summed E-state index contributed by atoms with van der Waals surface area (Å²) in [5.74, 6) is 1.97. The fraction of sp³-hybridized carbons (Fsp3) is 0.226. The number of ether oxygens (including phenoxy) is 2. The van der Waals surface area contributed by atoms with E-state index in [1.165, 1.54) is 6.33 Å². The molecule has 0 radical (unpaired) electrons. The number of benzene rings is 3. The maximum absolute atomic E-state index is 14.2. The number of aliphatic hydroxyl groups is 1. The van der Waals surface area contributed by atoms with Crippen LogP contribution in [-0.4, -0.2) is 50.7 Å². The zero-order chi connectivity index (χ0) is 29.2. The molecule has 1 unspecified atom stereocenters. The molecule has 6 rings (SSSR count). The van der Waals surface area contributed by atoms with E-state index in [2.05, 4.69) is 27.5 Å². The molecule has 1 aliphatic heterocycles. The quantitative estimate of drug-likeness (QED) is 0.235. The van der Waals surface area contributed by atoms with Gasteiger partial charge < -0.3 is 14.6 Å². The minimum atomic E-state index is -1.24. The molecule has 2 aromatic heterocycles. The number of aliphatic hydroxyl groups excluding tert-OH is 1. The van der Waals surface area contributed by atoms with Crippen molar-refractivity contribution in [2.75, 3.05) is 14.2 Å². The second-order valence-corrected chi connectivity index (χ2v) is 9.77. The number of methoxy groups -OCH3 is 2. The van der Waals surface area contributed by atoms with Crippen LogP contribution in [0, 0.1) is 0 Å². The van der Waals surface area contributed by atoms with Crippen molar-refractivity contribution in [2.45, 2.75) is 32.6 Å². The third-order valence-corrected chi connectivity index (χ3v) is 7.24. The second-order valence-electron chi connectivity index (χ2n) is 9.77. The molecule has 1 aliphatic rings. The molecule has 0 spiro atoms. The number of hydroxylamine groups is 1. The number of rotatable bonds is 9. The monoisotopic (exact) mass is 605 g/mol. The van der Waals surface area contributed by atoms with Gasteiger partial charge >= 0.3 is 51.4 Å². The normalized spacial score (nSPS) is 14.2. The van der Waals surface area contributed by atoms with Crippen molar-refractivity contribution in [1.29, 1.82) is 0 Å². The Kier molecular flexibility index (Phi) is 9.77. The maximum atomic E-state index is 14.2. The molecule has 0 bridgehead atoms. The van der Waals surface area contributed by atoms with E-state index in [1.54, 1.807) is 41.5 Å². The molecule has 3 heterocycles. The largest absolute Gasteiger partial charge is 1.00 e. The summed E-state index contributed by atoms with van der Waals surface area (Å²) in [4.78, 5) is 27.7. The SMILES string of the molecule is CCCc1c(Cc2ccc(-c3ccccc3C3=NC(O)ON3)cc2)c(=O)n(-c2ccc(OC)c(OC)c2)c2ncnn12.[K+]. The van der Waals surface area contributed by atoms with Crippen LogP contribution in [0.15, 0.2) is 82.8 Å². The van der Waals surface area contributed by atoms with Crippen LogP contribution in [0.4, 0.5) is 0 Å². The van der Waals surface area contributed by atoms with E-state index in [-0.39, 0.29) is 56.9 Å². The first-order chi connectivity index (χ1) is 20.5. The predicted molar refractivity (Wildman–Crippen MR) is 157 cm³/mol. The molecule has 0 amide bonds. The Morgan fingerprint density at radius 1 is 1.00 bits per heavy atom. The molecular weight excluding hydrogens is 575 g/mol. The number of aliphatic imine (C=N–C) groups is 1. The number of nitrogens with zero attached hydrogens (tertiary/aromatic N) is 5. The number of hydrogen-bond donors (Lipinski definition) is 2. The van der Waals surface area contributed by atoms with Gasteiger partial charge in [-0.15, -0.1) is 0 Å². The molecule has 0 saturated carbocycles. The first-order valence-corrected chi connectivity index (χ1v) is 13.6. The number of aromatic nitrogens is 4. The Hall–Kier alpha value is -3.36. The van der Waals surface area contributed by atoms with E-state index in [9.17, 15) is 9.90 Å². The van der Waals surface area contributed by atoms with E-state index in [1.807, 2.05) is 48.5 Å². The van der Waals surface area contributed by atoms with E-state index >= 15 is 0 Å². The Balaban J connectivity index is 0.00000368. The first kappa shape index (κ1) is 31.1. The molecule has 5 aromatic rings. The summed E-state index contributed by atoms with van der Waals surface area (Å²) < 4.78 is 14.2. The van der Waals surface area contributed by atoms with Crippen LogP contribution in [0.2, 0.25) is 0 Å². The Morgan fingerprint density at radius 3 is 2.42 bits per heavy atom. The number of aryl methyl sites for hydroxylation is 1. The third kappa shape index (κ3) is 6.04. The molecule has 1 atom stereocenters. The van der Waals surface area contributed by atoms with Crippen molar-refractivity contribution in [3.8, 4) is 28.3 Å². The molecule has 3 aromatic carbocycles. The maximum Gasteiger partial charge on any atom is 1.00 e. The van der Waals surface area contributed by atoms with Crippen LogP contribution in [-0.2, 0) is 17.7 Å². The van der Waals surface area contributed by atoms with Gasteiger partial charge in [0.25, 0.3) is 12.0 Å². The zero-order valence-electron chi connectivity index (χ0n) is 24.4. The molecule has 12 heteroatoms. The van der Waals surface area contributed by atoms with Crippen molar-refractivity contribution in [3.63, 3.8) is 0 Å². The molecule has 11 nitrogen and oxygen atoms in total. The fourth-order valence-corrected chi connectivity index (χ4v) is 5.27. The standard InChI is InChI=1S/C31H30N6O5.K/c1-4-7-25-24(29(38)36(30-32-18-33-37(25)30)21-14-15-26(40-2)27(17-21)41-3)16-19-10-12-20(13-11-19)22-8-5-6-9-23(22)28-34-31(39)42-35-28;/h5-6,8-15,17-18,31,39H,4,7,16H2,1-3H3,(H,34,35);/q;+1. The third-order valence-electron chi connectivity index (χ3n) is 7.24. The molecule has 0 fully saturated rings. The van der Waals surface area contributed by atoms with Gasteiger partial charge in [-0.2, -0.15) is 10.1 Å². The van der Waals surface area contributed by atoms with Crippen LogP contribution >= 0.6 is 0 Å². The molecule has 214 valence electrons. The summed E-state index contributed by atoms with van der Waals surface area (Å²) in [5, 5.41) is 14.1. The van der Waals surface area contributed by atoms with E-state index < -0.39 is 6.41 Å². The van der Waals surface area contributed by atoms with Crippen molar-refractivity contribution in [1.82, 2.24) is 24.6 Å². The minimum Gasteiger partial charge on any atom is -0.493 e. The van der Waals surface area contributed by atoms with Crippen LogP contribution in [0.25, 0.3) is 22.6 Å². The average Bonchev–Trinajstić information content (AvgIpc) is 3.68. The van der Waals surface area contributed by atoms with E-state index in [0.29, 0.717) is 47.2 Å². The molecule has 2 N–H and O–H groups in total. The average molecular weight is 606 g/mol.